The van der Waals surface area contributed by atoms with Crippen molar-refractivity contribution in [2.75, 3.05) is 12.0 Å². The molecular weight excluding hydrogens is 268 g/mol. The van der Waals surface area contributed by atoms with Crippen LogP contribution in [0.3, 0.4) is 0 Å². The SMILES string of the molecule is CSC1(Cn2c(N)nc3c(F)cc(F)cc32)CCC1. The molecule has 2 N–H and O–H groups in total. The van der Waals surface area contributed by atoms with Gasteiger partial charge in [0.2, 0.25) is 5.95 Å². The topological polar surface area (TPSA) is 43.8 Å². The Hall–Kier alpha value is -1.30. The quantitative estimate of drug-likeness (QED) is 0.941. The summed E-state index contributed by atoms with van der Waals surface area (Å²) in [6.45, 7) is 0.652. The number of imidazole rings is 1. The maximum Gasteiger partial charge on any atom is 0.201 e. The second-order valence-electron chi connectivity index (χ2n) is 5.05. The molecule has 0 unspecified atom stereocenters. The van der Waals surface area contributed by atoms with E-state index >= 15 is 0 Å². The average molecular weight is 283 g/mol. The van der Waals surface area contributed by atoms with Crippen LogP contribution in [0.25, 0.3) is 11.0 Å². The highest BCUT2D eigenvalue weighted by molar-refractivity contribution is 8.00. The van der Waals surface area contributed by atoms with Crippen LogP contribution in [0.1, 0.15) is 19.3 Å². The van der Waals surface area contributed by atoms with Crippen molar-refractivity contribution < 1.29 is 8.78 Å². The Morgan fingerprint density at radius 1 is 1.42 bits per heavy atom. The molecule has 0 atom stereocenters. The first-order valence-electron chi connectivity index (χ1n) is 6.21. The molecular formula is C13H15F2N3S. The number of rotatable bonds is 3. The molecule has 3 nitrogen and oxygen atoms in total. The van der Waals surface area contributed by atoms with Gasteiger partial charge in [0.15, 0.2) is 5.82 Å². The highest BCUT2D eigenvalue weighted by atomic mass is 32.2. The summed E-state index contributed by atoms with van der Waals surface area (Å²) in [5.41, 5.74) is 6.45. The minimum Gasteiger partial charge on any atom is -0.369 e. The molecule has 1 saturated carbocycles. The minimum absolute atomic E-state index is 0.130. The van der Waals surface area contributed by atoms with Crippen LogP contribution < -0.4 is 5.73 Å². The number of aromatic nitrogens is 2. The van der Waals surface area contributed by atoms with Gasteiger partial charge >= 0.3 is 0 Å². The molecule has 3 rings (SSSR count). The lowest BCUT2D eigenvalue weighted by atomic mass is 9.84. The van der Waals surface area contributed by atoms with Crippen LogP contribution in [0, 0.1) is 11.6 Å². The Bertz CT molecular complexity index is 629. The fourth-order valence-corrected chi connectivity index (χ4v) is 3.57. The summed E-state index contributed by atoms with van der Waals surface area (Å²) >= 11 is 1.79. The first kappa shape index (κ1) is 12.7. The summed E-state index contributed by atoms with van der Waals surface area (Å²) in [4.78, 5) is 4.02. The molecule has 0 radical (unpaired) electrons. The fourth-order valence-electron chi connectivity index (χ4n) is 2.62. The lowest BCUT2D eigenvalue weighted by Gasteiger charge is -2.40. The van der Waals surface area contributed by atoms with Crippen molar-refractivity contribution in [1.82, 2.24) is 9.55 Å². The predicted molar refractivity (Wildman–Crippen MR) is 74.2 cm³/mol. The summed E-state index contributed by atoms with van der Waals surface area (Å²) < 4.78 is 28.9. The van der Waals surface area contributed by atoms with Crippen LogP contribution in [0.2, 0.25) is 0 Å². The molecule has 0 aliphatic heterocycles. The number of hydrogen-bond donors (Lipinski definition) is 1. The Morgan fingerprint density at radius 3 is 2.74 bits per heavy atom. The van der Waals surface area contributed by atoms with E-state index in [0.717, 1.165) is 18.9 Å². The Labute approximate surface area is 114 Å². The summed E-state index contributed by atoms with van der Waals surface area (Å²) in [5.74, 6) is -1.01. The van der Waals surface area contributed by atoms with E-state index in [1.54, 1.807) is 16.3 Å². The Morgan fingerprint density at radius 2 is 2.16 bits per heavy atom. The number of benzene rings is 1. The largest absolute Gasteiger partial charge is 0.369 e. The summed E-state index contributed by atoms with van der Waals surface area (Å²) in [7, 11) is 0. The van der Waals surface area contributed by atoms with Gasteiger partial charge in [-0.05, 0) is 19.1 Å². The normalized spacial score (nSPS) is 17.6. The van der Waals surface area contributed by atoms with E-state index in [9.17, 15) is 8.78 Å². The number of anilines is 1. The molecule has 1 aromatic heterocycles. The van der Waals surface area contributed by atoms with Gasteiger partial charge in [-0.3, -0.25) is 0 Å². The smallest absolute Gasteiger partial charge is 0.201 e. The molecule has 1 aromatic carbocycles. The average Bonchev–Trinajstić information content (AvgIpc) is 2.61. The summed E-state index contributed by atoms with van der Waals surface area (Å²) in [6.07, 6.45) is 5.46. The van der Waals surface area contributed by atoms with Crippen molar-refractivity contribution in [2.24, 2.45) is 0 Å². The Balaban J connectivity index is 2.10. The van der Waals surface area contributed by atoms with Gasteiger partial charge in [-0.1, -0.05) is 6.42 Å². The van der Waals surface area contributed by atoms with Gasteiger partial charge < -0.3 is 10.3 Å². The monoisotopic (exact) mass is 283 g/mol. The van der Waals surface area contributed by atoms with Gasteiger partial charge in [-0.15, -0.1) is 0 Å². The number of hydrogen-bond acceptors (Lipinski definition) is 3. The molecule has 1 aliphatic carbocycles. The molecule has 1 aliphatic rings. The van der Waals surface area contributed by atoms with E-state index in [-0.39, 0.29) is 16.2 Å². The third-order valence-corrected chi connectivity index (χ3v) is 5.35. The van der Waals surface area contributed by atoms with E-state index < -0.39 is 11.6 Å². The molecule has 0 saturated heterocycles. The number of nitrogen functional groups attached to an aromatic ring is 1. The molecule has 19 heavy (non-hydrogen) atoms. The first-order valence-corrected chi connectivity index (χ1v) is 7.43. The third-order valence-electron chi connectivity index (χ3n) is 3.95. The van der Waals surface area contributed by atoms with Gasteiger partial charge in [0.25, 0.3) is 0 Å². The molecule has 0 amide bonds. The van der Waals surface area contributed by atoms with Crippen LogP contribution in [-0.4, -0.2) is 20.6 Å². The molecule has 0 spiro atoms. The summed E-state index contributed by atoms with van der Waals surface area (Å²) in [5, 5.41) is 0. The van der Waals surface area contributed by atoms with Crippen molar-refractivity contribution >= 4 is 28.7 Å². The van der Waals surface area contributed by atoms with Gasteiger partial charge in [0.05, 0.1) is 5.52 Å². The van der Waals surface area contributed by atoms with Gasteiger partial charge in [0, 0.05) is 23.4 Å². The van der Waals surface area contributed by atoms with Gasteiger partial charge in [-0.25, -0.2) is 13.8 Å². The highest BCUT2D eigenvalue weighted by Crippen LogP contribution is 2.45. The van der Waals surface area contributed by atoms with E-state index in [2.05, 4.69) is 11.2 Å². The van der Waals surface area contributed by atoms with Crippen LogP contribution in [0.5, 0.6) is 0 Å². The molecule has 2 aromatic rings. The summed E-state index contributed by atoms with van der Waals surface area (Å²) in [6, 6.07) is 2.14. The lowest BCUT2D eigenvalue weighted by Crippen LogP contribution is -2.38. The number of halogens is 2. The lowest BCUT2D eigenvalue weighted by molar-refractivity contribution is 0.326. The van der Waals surface area contributed by atoms with Crippen LogP contribution >= 0.6 is 11.8 Å². The van der Waals surface area contributed by atoms with Crippen molar-refractivity contribution in [2.45, 2.75) is 30.6 Å². The predicted octanol–water partition coefficient (Wildman–Crippen LogP) is 3.18. The van der Waals surface area contributed by atoms with E-state index in [1.807, 2.05) is 0 Å². The van der Waals surface area contributed by atoms with Crippen molar-refractivity contribution in [3.63, 3.8) is 0 Å². The van der Waals surface area contributed by atoms with E-state index in [1.165, 1.54) is 12.5 Å². The van der Waals surface area contributed by atoms with E-state index in [4.69, 9.17) is 5.73 Å². The molecule has 102 valence electrons. The highest BCUT2D eigenvalue weighted by Gasteiger charge is 2.37. The number of fused-ring (bicyclic) bond motifs is 1. The van der Waals surface area contributed by atoms with Crippen LogP contribution in [0.15, 0.2) is 12.1 Å². The minimum atomic E-state index is -0.660. The van der Waals surface area contributed by atoms with E-state index in [0.29, 0.717) is 12.1 Å². The van der Waals surface area contributed by atoms with Crippen LogP contribution in [-0.2, 0) is 6.54 Å². The standard InChI is InChI=1S/C13H15F2N3S/c1-19-13(3-2-4-13)7-18-10-6-8(14)5-9(15)11(10)17-12(18)16/h5-6H,2-4,7H2,1H3,(H2,16,17). The second-order valence-corrected chi connectivity index (χ2v) is 6.33. The number of nitrogens with two attached hydrogens (primary N) is 1. The van der Waals surface area contributed by atoms with Crippen molar-refractivity contribution in [3.05, 3.63) is 23.8 Å². The zero-order valence-electron chi connectivity index (χ0n) is 10.6. The fraction of sp³-hybridized carbons (Fsp3) is 0.462. The van der Waals surface area contributed by atoms with Crippen molar-refractivity contribution in [1.29, 1.82) is 0 Å². The van der Waals surface area contributed by atoms with Gasteiger partial charge in [-0.2, -0.15) is 11.8 Å². The maximum atomic E-state index is 13.7. The Kier molecular flexibility index (Phi) is 2.92. The molecule has 1 fully saturated rings. The zero-order chi connectivity index (χ0) is 13.6. The molecule has 6 heteroatoms. The van der Waals surface area contributed by atoms with Crippen LogP contribution in [0.4, 0.5) is 14.7 Å². The van der Waals surface area contributed by atoms with Crippen molar-refractivity contribution in [3.8, 4) is 0 Å². The number of thioether (sulfide) groups is 1. The first-order chi connectivity index (χ1) is 9.04. The molecule has 1 heterocycles. The van der Waals surface area contributed by atoms with Gasteiger partial charge in [0.1, 0.15) is 11.3 Å². The maximum absolute atomic E-state index is 13.7. The second kappa shape index (κ2) is 4.37. The number of nitrogens with zero attached hydrogens (tertiary/aromatic N) is 2. The third kappa shape index (κ3) is 1.98. The molecule has 0 bridgehead atoms. The zero-order valence-corrected chi connectivity index (χ0v) is 11.4.